The van der Waals surface area contributed by atoms with Crippen molar-refractivity contribution in [3.05, 3.63) is 69.1 Å². The van der Waals surface area contributed by atoms with Crippen LogP contribution in [0, 0.1) is 10.1 Å². The molecule has 0 unspecified atom stereocenters. The van der Waals surface area contributed by atoms with Crippen molar-refractivity contribution in [2.75, 3.05) is 13.2 Å². The lowest BCUT2D eigenvalue weighted by molar-refractivity contribution is -0.385. The second-order valence-electron chi connectivity index (χ2n) is 6.90. The number of carbonyl (C=O) groups is 1. The summed E-state index contributed by atoms with van der Waals surface area (Å²) in [7, 11) is 0. The Morgan fingerprint density at radius 3 is 2.80 bits per heavy atom. The van der Waals surface area contributed by atoms with Crippen LogP contribution in [0.4, 0.5) is 11.4 Å². The van der Waals surface area contributed by atoms with E-state index in [1.807, 2.05) is 30.3 Å². The highest BCUT2D eigenvalue weighted by molar-refractivity contribution is 8.18. The molecule has 0 aliphatic carbocycles. The van der Waals surface area contributed by atoms with E-state index in [9.17, 15) is 20.0 Å². The van der Waals surface area contributed by atoms with E-state index in [0.29, 0.717) is 28.8 Å². The van der Waals surface area contributed by atoms with Crippen molar-refractivity contribution in [3.63, 3.8) is 0 Å². The third-order valence-corrected chi connectivity index (χ3v) is 5.78. The van der Waals surface area contributed by atoms with Gasteiger partial charge in [0.15, 0.2) is 10.9 Å². The Balaban J connectivity index is 1.67. The molecular weight excluding hydrogens is 406 g/mol. The molecule has 8 nitrogen and oxygen atoms in total. The van der Waals surface area contributed by atoms with E-state index in [4.69, 9.17) is 4.74 Å². The maximum atomic E-state index is 13.1. The zero-order chi connectivity index (χ0) is 21.1. The minimum atomic E-state index is -0.660. The summed E-state index contributed by atoms with van der Waals surface area (Å²) in [5.41, 5.74) is 0.772. The lowest BCUT2D eigenvalue weighted by atomic mass is 10.1. The van der Waals surface area contributed by atoms with Crippen LogP contribution in [0.5, 0.6) is 5.75 Å². The number of carbonyl (C=O) groups excluding carboxylic acids is 1. The molecule has 0 bridgehead atoms. The van der Waals surface area contributed by atoms with Crippen molar-refractivity contribution in [3.8, 4) is 5.75 Å². The molecule has 0 spiro atoms. The molecule has 4 rings (SSSR count). The van der Waals surface area contributed by atoms with Gasteiger partial charge in [-0.05, 0) is 54.4 Å². The Bertz CT molecular complexity index is 1030. The SMILES string of the molecule is O=C1/C(=C/c2ccc(O)c([N+](=O)[O-])c2)SC(=Nc2ccccc2)N1C[C@H]1CCCO1. The molecule has 1 amide bonds. The first-order valence-electron chi connectivity index (χ1n) is 9.45. The van der Waals surface area contributed by atoms with Crippen LogP contribution in [-0.4, -0.2) is 45.3 Å². The fraction of sp³-hybridized carbons (Fsp3) is 0.238. The molecule has 2 aromatic rings. The summed E-state index contributed by atoms with van der Waals surface area (Å²) in [6, 6.07) is 13.4. The molecule has 30 heavy (non-hydrogen) atoms. The number of benzene rings is 2. The molecule has 2 aromatic carbocycles. The number of phenols is 1. The average Bonchev–Trinajstić information content (AvgIpc) is 3.34. The first-order chi connectivity index (χ1) is 14.5. The quantitative estimate of drug-likeness (QED) is 0.440. The Morgan fingerprint density at radius 2 is 2.10 bits per heavy atom. The van der Waals surface area contributed by atoms with Gasteiger partial charge in [-0.2, -0.15) is 0 Å². The summed E-state index contributed by atoms with van der Waals surface area (Å²) in [5.74, 6) is -0.639. The Morgan fingerprint density at radius 1 is 1.30 bits per heavy atom. The van der Waals surface area contributed by atoms with E-state index >= 15 is 0 Å². The summed E-state index contributed by atoms with van der Waals surface area (Å²) in [5, 5.41) is 21.3. The van der Waals surface area contributed by atoms with Crippen LogP contribution in [0.3, 0.4) is 0 Å². The molecule has 0 aromatic heterocycles. The van der Waals surface area contributed by atoms with Crippen LogP contribution in [-0.2, 0) is 9.53 Å². The van der Waals surface area contributed by atoms with Gasteiger partial charge in [-0.25, -0.2) is 4.99 Å². The fourth-order valence-electron chi connectivity index (χ4n) is 3.29. The molecule has 1 N–H and O–H groups in total. The summed E-state index contributed by atoms with van der Waals surface area (Å²) >= 11 is 1.22. The topological polar surface area (TPSA) is 105 Å². The molecule has 154 valence electrons. The van der Waals surface area contributed by atoms with Crippen molar-refractivity contribution < 1.29 is 19.6 Å². The van der Waals surface area contributed by atoms with Gasteiger partial charge in [-0.1, -0.05) is 24.3 Å². The maximum Gasteiger partial charge on any atom is 0.311 e. The van der Waals surface area contributed by atoms with Gasteiger partial charge in [0.1, 0.15) is 0 Å². The first kappa shape index (κ1) is 20.1. The smallest absolute Gasteiger partial charge is 0.311 e. The van der Waals surface area contributed by atoms with Crippen molar-refractivity contribution in [1.82, 2.24) is 4.90 Å². The van der Waals surface area contributed by atoms with Gasteiger partial charge >= 0.3 is 5.69 Å². The molecule has 1 atom stereocenters. The van der Waals surface area contributed by atoms with Gasteiger partial charge in [0, 0.05) is 12.7 Å². The summed E-state index contributed by atoms with van der Waals surface area (Å²) in [6.45, 7) is 1.09. The van der Waals surface area contributed by atoms with Crippen LogP contribution in [0.1, 0.15) is 18.4 Å². The maximum absolute atomic E-state index is 13.1. The number of rotatable bonds is 5. The number of amides is 1. The highest BCUT2D eigenvalue weighted by atomic mass is 32.2. The number of nitrogens with zero attached hydrogens (tertiary/aromatic N) is 3. The zero-order valence-corrected chi connectivity index (χ0v) is 16.7. The fourth-order valence-corrected chi connectivity index (χ4v) is 4.29. The highest BCUT2D eigenvalue weighted by Crippen LogP contribution is 2.36. The summed E-state index contributed by atoms with van der Waals surface area (Å²) < 4.78 is 5.69. The highest BCUT2D eigenvalue weighted by Gasteiger charge is 2.36. The van der Waals surface area contributed by atoms with Gasteiger partial charge in [-0.15, -0.1) is 0 Å². The van der Waals surface area contributed by atoms with Crippen molar-refractivity contribution in [2.45, 2.75) is 18.9 Å². The molecule has 0 radical (unpaired) electrons. The number of ether oxygens (including phenoxy) is 1. The molecular formula is C21H19N3O5S. The van der Waals surface area contributed by atoms with Crippen molar-refractivity contribution in [2.24, 2.45) is 4.99 Å². The molecule has 2 saturated heterocycles. The van der Waals surface area contributed by atoms with Crippen LogP contribution >= 0.6 is 11.8 Å². The second-order valence-corrected chi connectivity index (χ2v) is 7.91. The van der Waals surface area contributed by atoms with Crippen LogP contribution in [0.15, 0.2) is 58.4 Å². The van der Waals surface area contributed by atoms with Gasteiger partial charge in [0.25, 0.3) is 5.91 Å². The lowest BCUT2D eigenvalue weighted by Gasteiger charge is -2.19. The number of hydrogen-bond acceptors (Lipinski definition) is 7. The monoisotopic (exact) mass is 425 g/mol. The predicted molar refractivity (Wildman–Crippen MR) is 115 cm³/mol. The molecule has 0 saturated carbocycles. The minimum Gasteiger partial charge on any atom is -0.502 e. The standard InChI is InChI=1S/C21H19N3O5S/c25-18-9-8-14(11-17(18)24(27)28)12-19-20(26)23(13-16-7-4-10-29-16)21(30-19)22-15-5-2-1-3-6-15/h1-3,5-6,8-9,11-12,16,25H,4,7,10,13H2/b19-12-,22-21?/t16-/m1/s1. The number of amidine groups is 1. The van der Waals surface area contributed by atoms with Gasteiger partial charge in [0.2, 0.25) is 0 Å². The second kappa shape index (κ2) is 8.68. The predicted octanol–water partition coefficient (Wildman–Crippen LogP) is 4.08. The Hall–Kier alpha value is -3.17. The van der Waals surface area contributed by atoms with Crippen LogP contribution in [0.2, 0.25) is 0 Å². The number of hydrogen-bond donors (Lipinski definition) is 1. The van der Waals surface area contributed by atoms with E-state index in [2.05, 4.69) is 4.99 Å². The van der Waals surface area contributed by atoms with E-state index in [1.165, 1.54) is 30.0 Å². The number of para-hydroxylation sites is 1. The third kappa shape index (κ3) is 4.37. The van der Waals surface area contributed by atoms with Gasteiger partial charge in [-0.3, -0.25) is 19.8 Å². The van der Waals surface area contributed by atoms with Crippen molar-refractivity contribution in [1.29, 1.82) is 0 Å². The number of thioether (sulfide) groups is 1. The largest absolute Gasteiger partial charge is 0.502 e. The summed E-state index contributed by atoms with van der Waals surface area (Å²) in [6.07, 6.45) is 3.39. The van der Waals surface area contributed by atoms with E-state index in [-0.39, 0.29) is 12.0 Å². The normalized spacial score (nSPS) is 21.7. The Kier molecular flexibility index (Phi) is 5.82. The zero-order valence-electron chi connectivity index (χ0n) is 15.9. The van der Waals surface area contributed by atoms with Gasteiger partial charge in [0.05, 0.1) is 28.2 Å². The van der Waals surface area contributed by atoms with E-state index < -0.39 is 16.4 Å². The molecule has 2 fully saturated rings. The average molecular weight is 425 g/mol. The first-order valence-corrected chi connectivity index (χ1v) is 10.3. The number of aromatic hydroxyl groups is 1. The molecule has 2 aliphatic heterocycles. The molecule has 2 aliphatic rings. The van der Waals surface area contributed by atoms with Crippen LogP contribution in [0.25, 0.3) is 6.08 Å². The van der Waals surface area contributed by atoms with E-state index in [1.54, 1.807) is 11.0 Å². The number of aliphatic imine (C=N–C) groups is 1. The van der Waals surface area contributed by atoms with E-state index in [0.717, 1.165) is 18.5 Å². The summed E-state index contributed by atoms with van der Waals surface area (Å²) in [4.78, 5) is 30.2. The number of nitro groups is 1. The van der Waals surface area contributed by atoms with Crippen LogP contribution < -0.4 is 0 Å². The van der Waals surface area contributed by atoms with Gasteiger partial charge < -0.3 is 9.84 Å². The number of phenolic OH excluding ortho intramolecular Hbond substituents is 1. The minimum absolute atomic E-state index is 0.0374. The molecule has 9 heteroatoms. The third-order valence-electron chi connectivity index (χ3n) is 4.77. The Labute approximate surface area is 177 Å². The van der Waals surface area contributed by atoms with Crippen molar-refractivity contribution >= 4 is 40.3 Å². The number of nitro benzene ring substituents is 1. The molecule has 2 heterocycles. The lowest BCUT2D eigenvalue weighted by Crippen LogP contribution is -2.36.